The predicted octanol–water partition coefficient (Wildman–Crippen LogP) is 3.80. The molecule has 2 N–H and O–H groups in total. The molecular weight excluding hydrogens is 284 g/mol. The van der Waals surface area contributed by atoms with Gasteiger partial charge in [0.05, 0.1) is 25.5 Å². The number of aryl methyl sites for hydroxylation is 1. The minimum absolute atomic E-state index is 0.00518. The van der Waals surface area contributed by atoms with E-state index in [1.165, 1.54) is 0 Å². The highest BCUT2D eigenvalue weighted by molar-refractivity contribution is 7.15. The van der Waals surface area contributed by atoms with Crippen molar-refractivity contribution < 1.29 is 9.47 Å². The summed E-state index contributed by atoms with van der Waals surface area (Å²) in [5.74, 6) is 1.59. The Balaban J connectivity index is 2.52. The highest BCUT2D eigenvalue weighted by Gasteiger charge is 2.18. The number of nitrogens with zero attached hydrogens (tertiary/aromatic N) is 1. The maximum atomic E-state index is 6.08. The van der Waals surface area contributed by atoms with Crippen LogP contribution in [0, 0.1) is 0 Å². The van der Waals surface area contributed by atoms with E-state index in [-0.39, 0.29) is 6.04 Å². The van der Waals surface area contributed by atoms with E-state index in [2.05, 4.69) is 6.92 Å². The van der Waals surface area contributed by atoms with Crippen molar-refractivity contribution >= 4 is 11.3 Å². The number of nitrogens with two attached hydrogens (primary N) is 1. The van der Waals surface area contributed by atoms with E-state index in [0.717, 1.165) is 45.5 Å². The van der Waals surface area contributed by atoms with Crippen molar-refractivity contribution in [2.24, 2.45) is 5.73 Å². The van der Waals surface area contributed by atoms with Crippen molar-refractivity contribution in [2.75, 3.05) is 14.2 Å². The smallest absolute Gasteiger partial charge is 0.129 e. The van der Waals surface area contributed by atoms with Crippen LogP contribution in [0.4, 0.5) is 0 Å². The largest absolute Gasteiger partial charge is 0.497 e. The van der Waals surface area contributed by atoms with Crippen LogP contribution >= 0.6 is 11.3 Å². The Hall–Kier alpha value is -1.59. The number of hydrogen-bond donors (Lipinski definition) is 1. The van der Waals surface area contributed by atoms with Gasteiger partial charge < -0.3 is 15.2 Å². The lowest BCUT2D eigenvalue weighted by Gasteiger charge is -2.08. The Morgan fingerprint density at radius 2 is 2.05 bits per heavy atom. The molecule has 1 aromatic carbocycles. The Bertz CT molecular complexity index is 608. The molecule has 0 radical (unpaired) electrons. The molecule has 0 fully saturated rings. The first-order chi connectivity index (χ1) is 10.1. The maximum Gasteiger partial charge on any atom is 0.129 e. The van der Waals surface area contributed by atoms with Crippen molar-refractivity contribution in [3.63, 3.8) is 0 Å². The number of ether oxygens (including phenoxy) is 2. The predicted molar refractivity (Wildman–Crippen MR) is 87.3 cm³/mol. The Morgan fingerprint density at radius 1 is 1.29 bits per heavy atom. The zero-order valence-corrected chi connectivity index (χ0v) is 13.8. The third-order valence-corrected chi connectivity index (χ3v) is 4.60. The molecule has 0 aliphatic heterocycles. The van der Waals surface area contributed by atoms with E-state index in [4.69, 9.17) is 20.2 Å². The molecule has 114 valence electrons. The van der Waals surface area contributed by atoms with E-state index < -0.39 is 0 Å². The lowest BCUT2D eigenvalue weighted by molar-refractivity contribution is 0.404. The molecule has 1 aromatic heterocycles. The molecule has 1 atom stereocenters. The highest BCUT2D eigenvalue weighted by atomic mass is 32.1. The summed E-state index contributed by atoms with van der Waals surface area (Å²) in [6.45, 7) is 4.15. The monoisotopic (exact) mass is 306 g/mol. The molecule has 0 spiro atoms. The van der Waals surface area contributed by atoms with Gasteiger partial charge >= 0.3 is 0 Å². The van der Waals surface area contributed by atoms with Gasteiger partial charge in [-0.1, -0.05) is 13.3 Å². The zero-order chi connectivity index (χ0) is 15.4. The normalized spacial score (nSPS) is 12.2. The molecule has 2 aromatic rings. The van der Waals surface area contributed by atoms with E-state index in [1.807, 2.05) is 25.1 Å². The molecule has 0 aliphatic rings. The quantitative estimate of drug-likeness (QED) is 0.882. The summed E-state index contributed by atoms with van der Waals surface area (Å²) >= 11 is 1.64. The minimum atomic E-state index is -0.00518. The standard InChI is InChI=1S/C16H22N2O2S/c1-5-6-13-15(10(2)17)21-16(18-13)12-9-11(19-3)7-8-14(12)20-4/h7-10H,5-6,17H2,1-4H3. The van der Waals surface area contributed by atoms with E-state index >= 15 is 0 Å². The summed E-state index contributed by atoms with van der Waals surface area (Å²) in [7, 11) is 3.32. The van der Waals surface area contributed by atoms with E-state index in [1.54, 1.807) is 25.6 Å². The summed E-state index contributed by atoms with van der Waals surface area (Å²) in [6.07, 6.45) is 2.00. The van der Waals surface area contributed by atoms with Gasteiger partial charge in [0, 0.05) is 10.9 Å². The van der Waals surface area contributed by atoms with Gasteiger partial charge in [-0.15, -0.1) is 11.3 Å². The Morgan fingerprint density at radius 3 is 2.62 bits per heavy atom. The van der Waals surface area contributed by atoms with Crippen molar-refractivity contribution in [3.8, 4) is 22.1 Å². The van der Waals surface area contributed by atoms with Crippen LogP contribution in [0.25, 0.3) is 10.6 Å². The number of thiazole rings is 1. The summed E-state index contributed by atoms with van der Waals surface area (Å²) in [4.78, 5) is 5.93. The molecule has 0 bridgehead atoms. The molecule has 21 heavy (non-hydrogen) atoms. The summed E-state index contributed by atoms with van der Waals surface area (Å²) < 4.78 is 10.8. The number of hydrogen-bond acceptors (Lipinski definition) is 5. The summed E-state index contributed by atoms with van der Waals surface area (Å²) in [5, 5.41) is 0.932. The fraction of sp³-hybridized carbons (Fsp3) is 0.438. The van der Waals surface area contributed by atoms with Crippen LogP contribution in [-0.4, -0.2) is 19.2 Å². The molecule has 2 rings (SSSR count). The van der Waals surface area contributed by atoms with Gasteiger partial charge in [0.15, 0.2) is 0 Å². The average Bonchev–Trinajstić information content (AvgIpc) is 2.91. The Kier molecular flexibility index (Phi) is 5.20. The second-order valence-electron chi connectivity index (χ2n) is 4.93. The Labute approximate surface area is 129 Å². The van der Waals surface area contributed by atoms with Crippen molar-refractivity contribution in [3.05, 3.63) is 28.8 Å². The van der Waals surface area contributed by atoms with E-state index in [9.17, 15) is 0 Å². The van der Waals surface area contributed by atoms with Gasteiger partial charge in [0.2, 0.25) is 0 Å². The van der Waals surface area contributed by atoms with Crippen LogP contribution in [0.15, 0.2) is 18.2 Å². The van der Waals surface area contributed by atoms with Crippen LogP contribution in [-0.2, 0) is 6.42 Å². The lowest BCUT2D eigenvalue weighted by Crippen LogP contribution is -2.05. The third kappa shape index (κ3) is 3.36. The molecular formula is C16H22N2O2S. The van der Waals surface area contributed by atoms with Gasteiger partial charge in [-0.25, -0.2) is 4.98 Å². The number of rotatable bonds is 6. The van der Waals surface area contributed by atoms with E-state index in [0.29, 0.717) is 0 Å². The minimum Gasteiger partial charge on any atom is -0.497 e. The lowest BCUT2D eigenvalue weighted by atomic mass is 10.1. The van der Waals surface area contributed by atoms with Gasteiger partial charge in [-0.3, -0.25) is 0 Å². The fourth-order valence-corrected chi connectivity index (χ4v) is 3.32. The van der Waals surface area contributed by atoms with Gasteiger partial charge in [0.1, 0.15) is 16.5 Å². The van der Waals surface area contributed by atoms with Crippen LogP contribution in [0.3, 0.4) is 0 Å². The van der Waals surface area contributed by atoms with Gasteiger partial charge in [0.25, 0.3) is 0 Å². The zero-order valence-electron chi connectivity index (χ0n) is 13.0. The number of methoxy groups -OCH3 is 2. The SMILES string of the molecule is CCCc1nc(-c2cc(OC)ccc2OC)sc1C(C)N. The van der Waals surface area contributed by atoms with Crippen LogP contribution < -0.4 is 15.2 Å². The first-order valence-electron chi connectivity index (χ1n) is 7.08. The molecule has 4 nitrogen and oxygen atoms in total. The second kappa shape index (κ2) is 6.91. The molecule has 1 unspecified atom stereocenters. The molecule has 1 heterocycles. The molecule has 0 saturated carbocycles. The van der Waals surface area contributed by atoms with Crippen molar-refractivity contribution in [1.29, 1.82) is 0 Å². The number of aromatic nitrogens is 1. The number of benzene rings is 1. The second-order valence-corrected chi connectivity index (χ2v) is 5.97. The van der Waals surface area contributed by atoms with Gasteiger partial charge in [-0.2, -0.15) is 0 Å². The molecule has 5 heteroatoms. The van der Waals surface area contributed by atoms with Crippen molar-refractivity contribution in [1.82, 2.24) is 4.98 Å². The molecule has 0 aliphatic carbocycles. The highest BCUT2D eigenvalue weighted by Crippen LogP contribution is 2.38. The van der Waals surface area contributed by atoms with Crippen molar-refractivity contribution in [2.45, 2.75) is 32.7 Å². The molecule has 0 saturated heterocycles. The summed E-state index contributed by atoms with van der Waals surface area (Å²) in [5.41, 5.74) is 8.12. The van der Waals surface area contributed by atoms with Crippen LogP contribution in [0.2, 0.25) is 0 Å². The third-order valence-electron chi connectivity index (χ3n) is 3.26. The topological polar surface area (TPSA) is 57.4 Å². The molecule has 0 amide bonds. The first-order valence-corrected chi connectivity index (χ1v) is 7.89. The van der Waals surface area contributed by atoms with Crippen LogP contribution in [0.5, 0.6) is 11.5 Å². The fourth-order valence-electron chi connectivity index (χ4n) is 2.23. The average molecular weight is 306 g/mol. The first kappa shape index (κ1) is 15.8. The van der Waals surface area contributed by atoms with Crippen LogP contribution in [0.1, 0.15) is 36.9 Å². The van der Waals surface area contributed by atoms with Gasteiger partial charge in [-0.05, 0) is 31.5 Å². The maximum absolute atomic E-state index is 6.08. The summed E-state index contributed by atoms with van der Waals surface area (Å²) in [6, 6.07) is 5.74.